The van der Waals surface area contributed by atoms with Crippen LogP contribution in [-0.2, 0) is 19.1 Å². The van der Waals surface area contributed by atoms with Crippen LogP contribution in [0, 0.1) is 11.3 Å². The average Bonchev–Trinajstić information content (AvgIpc) is 2.99. The van der Waals surface area contributed by atoms with Gasteiger partial charge in [-0.15, -0.1) is 0 Å². The first kappa shape index (κ1) is 15.3. The molecule has 0 N–H and O–H groups in total. The second-order valence-corrected chi connectivity index (χ2v) is 7.16. The van der Waals surface area contributed by atoms with Crippen molar-refractivity contribution in [1.82, 2.24) is 4.90 Å². The van der Waals surface area contributed by atoms with Gasteiger partial charge in [0.05, 0.1) is 19.3 Å². The molecule has 1 fully saturated rings. The Balaban J connectivity index is 1.87. The normalized spacial score (nSPS) is 32.7. The molecule has 3 atom stereocenters. The second-order valence-electron chi connectivity index (χ2n) is 7.16. The highest BCUT2D eigenvalue weighted by molar-refractivity contribution is 5.84. The van der Waals surface area contributed by atoms with Crippen molar-refractivity contribution < 1.29 is 19.1 Å². The molecular formula is C17H23NO4. The van der Waals surface area contributed by atoms with E-state index in [4.69, 9.17) is 9.47 Å². The van der Waals surface area contributed by atoms with Crippen molar-refractivity contribution in [1.29, 1.82) is 0 Å². The fraction of sp³-hybridized carbons (Fsp3) is 0.647. The summed E-state index contributed by atoms with van der Waals surface area (Å²) >= 11 is 0. The van der Waals surface area contributed by atoms with Crippen molar-refractivity contribution in [3.8, 4) is 0 Å². The maximum atomic E-state index is 12.5. The molecule has 3 aliphatic heterocycles. The molecule has 1 amide bonds. The lowest BCUT2D eigenvalue weighted by molar-refractivity contribution is -0.148. The zero-order valence-electron chi connectivity index (χ0n) is 13.6. The fourth-order valence-corrected chi connectivity index (χ4v) is 3.52. The van der Waals surface area contributed by atoms with Crippen LogP contribution in [0.2, 0.25) is 0 Å². The molecule has 120 valence electrons. The van der Waals surface area contributed by atoms with Gasteiger partial charge in [-0.3, -0.25) is 9.59 Å². The Bertz CT molecular complexity index is 572. The number of hydrogen-bond donors (Lipinski definition) is 0. The van der Waals surface area contributed by atoms with Crippen LogP contribution in [0.25, 0.3) is 0 Å². The number of rotatable bonds is 2. The van der Waals surface area contributed by atoms with Crippen LogP contribution in [0.4, 0.5) is 0 Å². The zero-order chi connectivity index (χ0) is 16.1. The van der Waals surface area contributed by atoms with E-state index in [0.29, 0.717) is 19.7 Å². The van der Waals surface area contributed by atoms with Crippen molar-refractivity contribution >= 4 is 11.9 Å². The third-order valence-corrected chi connectivity index (χ3v) is 4.48. The molecule has 5 heteroatoms. The van der Waals surface area contributed by atoms with E-state index in [9.17, 15) is 9.59 Å². The first-order valence-corrected chi connectivity index (χ1v) is 7.82. The van der Waals surface area contributed by atoms with Crippen LogP contribution < -0.4 is 0 Å². The van der Waals surface area contributed by atoms with Gasteiger partial charge in [-0.1, -0.05) is 32.9 Å². The summed E-state index contributed by atoms with van der Waals surface area (Å²) in [5, 5.41) is 0. The Morgan fingerprint density at radius 3 is 2.82 bits per heavy atom. The molecule has 1 spiro atoms. The maximum absolute atomic E-state index is 12.5. The summed E-state index contributed by atoms with van der Waals surface area (Å²) in [4.78, 5) is 26.5. The fourth-order valence-electron chi connectivity index (χ4n) is 3.52. The van der Waals surface area contributed by atoms with Crippen LogP contribution in [-0.4, -0.2) is 48.2 Å². The van der Waals surface area contributed by atoms with Gasteiger partial charge >= 0.3 is 5.97 Å². The summed E-state index contributed by atoms with van der Waals surface area (Å²) in [5.74, 6) is -0.505. The van der Waals surface area contributed by atoms with Gasteiger partial charge in [-0.2, -0.15) is 0 Å². The second kappa shape index (κ2) is 4.95. The lowest BCUT2D eigenvalue weighted by Crippen LogP contribution is -2.51. The topological polar surface area (TPSA) is 55.8 Å². The lowest BCUT2D eigenvalue weighted by atomic mass is 9.78. The monoisotopic (exact) mass is 305 g/mol. The quantitative estimate of drug-likeness (QED) is 0.575. The van der Waals surface area contributed by atoms with E-state index >= 15 is 0 Å². The SMILES string of the molecule is CCOC(=O)[C@H]1C2=CCN(C(=O)C(C)(C)C)C[C@@]23C=C[C@@H]1O3. The minimum atomic E-state index is -0.638. The average molecular weight is 305 g/mol. The molecule has 0 radical (unpaired) electrons. The summed E-state index contributed by atoms with van der Waals surface area (Å²) in [6.45, 7) is 8.89. The smallest absolute Gasteiger partial charge is 0.316 e. The van der Waals surface area contributed by atoms with Gasteiger partial charge in [0.2, 0.25) is 5.91 Å². The van der Waals surface area contributed by atoms with Gasteiger partial charge in [-0.05, 0) is 18.6 Å². The Morgan fingerprint density at radius 1 is 1.45 bits per heavy atom. The zero-order valence-corrected chi connectivity index (χ0v) is 13.6. The molecule has 2 bridgehead atoms. The van der Waals surface area contributed by atoms with Crippen molar-refractivity contribution in [2.75, 3.05) is 19.7 Å². The summed E-state index contributed by atoms with van der Waals surface area (Å²) in [6, 6.07) is 0. The van der Waals surface area contributed by atoms with Crippen LogP contribution in [0.3, 0.4) is 0 Å². The third kappa shape index (κ3) is 2.19. The summed E-state index contributed by atoms with van der Waals surface area (Å²) in [5.41, 5.74) is -0.110. The van der Waals surface area contributed by atoms with Crippen LogP contribution >= 0.6 is 0 Å². The minimum Gasteiger partial charge on any atom is -0.465 e. The number of amides is 1. The summed E-state index contributed by atoms with van der Waals surface area (Å²) in [6.07, 6.45) is 5.61. The van der Waals surface area contributed by atoms with Gasteiger partial charge < -0.3 is 14.4 Å². The Kier molecular flexibility index (Phi) is 3.44. The molecule has 22 heavy (non-hydrogen) atoms. The molecule has 0 saturated carbocycles. The highest BCUT2D eigenvalue weighted by Gasteiger charge is 2.58. The molecular weight excluding hydrogens is 282 g/mol. The van der Waals surface area contributed by atoms with Crippen LogP contribution in [0.15, 0.2) is 23.8 Å². The molecule has 0 aromatic heterocycles. The van der Waals surface area contributed by atoms with Crippen molar-refractivity contribution in [3.05, 3.63) is 23.8 Å². The molecule has 0 aromatic carbocycles. The van der Waals surface area contributed by atoms with E-state index in [-0.39, 0.29) is 23.9 Å². The first-order chi connectivity index (χ1) is 10.3. The standard InChI is InChI=1S/C17H23NO4/c1-5-21-14(19)13-11-7-9-18(15(20)16(2,3)4)10-17(11)8-6-12(13)22-17/h6-8,12-13H,5,9-10H2,1-4H3/t12-,13-,17-/m0/s1. The Morgan fingerprint density at radius 2 is 2.18 bits per heavy atom. The van der Waals surface area contributed by atoms with Crippen LogP contribution in [0.1, 0.15) is 27.7 Å². The first-order valence-electron chi connectivity index (χ1n) is 7.82. The maximum Gasteiger partial charge on any atom is 0.316 e. The van der Waals surface area contributed by atoms with E-state index in [0.717, 1.165) is 5.57 Å². The summed E-state index contributed by atoms with van der Waals surface area (Å²) in [7, 11) is 0. The predicted molar refractivity (Wildman–Crippen MR) is 81.0 cm³/mol. The molecule has 0 aromatic rings. The summed E-state index contributed by atoms with van der Waals surface area (Å²) < 4.78 is 11.2. The van der Waals surface area contributed by atoms with E-state index < -0.39 is 11.0 Å². The number of esters is 1. The number of ether oxygens (including phenoxy) is 2. The van der Waals surface area contributed by atoms with E-state index in [1.807, 2.05) is 43.9 Å². The van der Waals surface area contributed by atoms with Crippen molar-refractivity contribution in [3.63, 3.8) is 0 Å². The van der Waals surface area contributed by atoms with Crippen molar-refractivity contribution in [2.45, 2.75) is 39.4 Å². The largest absolute Gasteiger partial charge is 0.465 e. The molecule has 5 nitrogen and oxygen atoms in total. The molecule has 0 unspecified atom stereocenters. The molecule has 3 heterocycles. The number of nitrogens with zero attached hydrogens (tertiary/aromatic N) is 1. The van der Waals surface area contributed by atoms with E-state index in [2.05, 4.69) is 0 Å². The minimum absolute atomic E-state index is 0.0946. The third-order valence-electron chi connectivity index (χ3n) is 4.48. The Hall–Kier alpha value is -1.62. The van der Waals surface area contributed by atoms with Crippen LogP contribution in [0.5, 0.6) is 0 Å². The molecule has 3 aliphatic rings. The lowest BCUT2D eigenvalue weighted by Gasteiger charge is -2.39. The van der Waals surface area contributed by atoms with Crippen molar-refractivity contribution in [2.24, 2.45) is 11.3 Å². The van der Waals surface area contributed by atoms with Gasteiger partial charge in [0.25, 0.3) is 0 Å². The predicted octanol–water partition coefficient (Wildman–Crippen LogP) is 1.69. The highest BCUT2D eigenvalue weighted by Crippen LogP contribution is 2.49. The van der Waals surface area contributed by atoms with E-state index in [1.165, 1.54) is 0 Å². The Labute approximate surface area is 130 Å². The number of fused-ring (bicyclic) bond motifs is 1. The molecule has 3 rings (SSSR count). The van der Waals surface area contributed by atoms with Gasteiger partial charge in [-0.25, -0.2) is 0 Å². The number of carbonyl (C=O) groups is 2. The van der Waals surface area contributed by atoms with Gasteiger partial charge in [0.1, 0.15) is 11.5 Å². The van der Waals surface area contributed by atoms with E-state index in [1.54, 1.807) is 6.92 Å². The molecule has 0 aliphatic carbocycles. The molecule has 1 saturated heterocycles. The number of carbonyl (C=O) groups excluding carboxylic acids is 2. The van der Waals surface area contributed by atoms with Gasteiger partial charge in [0.15, 0.2) is 0 Å². The highest BCUT2D eigenvalue weighted by atomic mass is 16.5. The van der Waals surface area contributed by atoms with Gasteiger partial charge in [0, 0.05) is 12.0 Å². The number of hydrogen-bond acceptors (Lipinski definition) is 4.